The van der Waals surface area contributed by atoms with Gasteiger partial charge in [-0.25, -0.2) is 9.79 Å². The van der Waals surface area contributed by atoms with E-state index in [-0.39, 0.29) is 23.5 Å². The molecule has 1 N–H and O–H groups in total. The van der Waals surface area contributed by atoms with Crippen molar-refractivity contribution in [2.24, 2.45) is 4.99 Å². The van der Waals surface area contributed by atoms with Crippen LogP contribution in [0.15, 0.2) is 51.4 Å². The molecule has 37 heavy (non-hydrogen) atoms. The second-order valence-electron chi connectivity index (χ2n) is 7.97. The summed E-state index contributed by atoms with van der Waals surface area (Å²) in [5.41, 5.74) is 1.73. The van der Waals surface area contributed by atoms with Crippen molar-refractivity contribution in [1.82, 2.24) is 4.57 Å². The third-order valence-electron chi connectivity index (χ3n) is 5.81. The van der Waals surface area contributed by atoms with Gasteiger partial charge in [-0.15, -0.1) is 0 Å². The molecule has 194 valence electrons. The second-order valence-corrected chi connectivity index (χ2v) is 10.1. The smallest absolute Gasteiger partial charge is 0.338 e. The van der Waals surface area contributed by atoms with Gasteiger partial charge in [-0.1, -0.05) is 17.4 Å². The first-order valence-electron chi connectivity index (χ1n) is 11.2. The highest BCUT2D eigenvalue weighted by Crippen LogP contribution is 2.36. The number of aromatic nitrogens is 1. The third-order valence-corrected chi connectivity index (χ3v) is 7.61. The maximum Gasteiger partial charge on any atom is 0.338 e. The number of aromatic hydroxyl groups is 1. The number of phenols is 1. The summed E-state index contributed by atoms with van der Waals surface area (Å²) in [6, 6.07) is 7.87. The Kier molecular flexibility index (Phi) is 7.93. The van der Waals surface area contributed by atoms with Crippen LogP contribution < -0.4 is 29.1 Å². The standard InChI is InChI=1S/C26H25IN2O7S/c1-6-36-25(32)21-13(2)28-26-29(22(21)15-7-8-17(33-3)18(12-15)34-4)24(31)20(37-26)11-14-9-16(27)23(30)19(10-14)35-5/h7-12,22,30H,6H2,1-5H3/b20-11-. The van der Waals surface area contributed by atoms with Crippen LogP contribution in [-0.2, 0) is 9.53 Å². The average molecular weight is 636 g/mol. The lowest BCUT2D eigenvalue weighted by Crippen LogP contribution is -2.40. The van der Waals surface area contributed by atoms with Crippen molar-refractivity contribution >= 4 is 46.0 Å². The van der Waals surface area contributed by atoms with E-state index in [2.05, 4.69) is 4.99 Å². The Morgan fingerprint density at radius 2 is 1.84 bits per heavy atom. The Hall–Kier alpha value is -3.32. The first-order valence-corrected chi connectivity index (χ1v) is 13.1. The number of benzene rings is 2. The highest BCUT2D eigenvalue weighted by atomic mass is 127. The Balaban J connectivity index is 1.97. The van der Waals surface area contributed by atoms with Gasteiger partial charge in [0, 0.05) is 0 Å². The molecule has 0 fully saturated rings. The van der Waals surface area contributed by atoms with Crippen LogP contribution in [0.3, 0.4) is 0 Å². The Labute approximate surface area is 230 Å². The number of carbonyl (C=O) groups is 1. The molecule has 0 spiro atoms. The number of fused-ring (bicyclic) bond motifs is 1. The van der Waals surface area contributed by atoms with Crippen LogP contribution in [0.1, 0.15) is 31.0 Å². The number of halogens is 1. The van der Waals surface area contributed by atoms with Crippen LogP contribution in [0.4, 0.5) is 0 Å². The molecule has 3 aromatic rings. The number of hydrogen-bond donors (Lipinski definition) is 1. The number of thiazole rings is 1. The fourth-order valence-electron chi connectivity index (χ4n) is 4.11. The number of rotatable bonds is 7. The Bertz CT molecular complexity index is 1590. The average Bonchev–Trinajstić information content (AvgIpc) is 3.18. The lowest BCUT2D eigenvalue weighted by Gasteiger charge is -2.25. The van der Waals surface area contributed by atoms with Crippen molar-refractivity contribution in [3.05, 3.63) is 76.0 Å². The minimum absolute atomic E-state index is 0.0323. The normalized spacial score (nSPS) is 15.2. The second kappa shape index (κ2) is 11.0. The zero-order valence-electron chi connectivity index (χ0n) is 20.8. The number of allylic oxidation sites excluding steroid dienone is 1. The van der Waals surface area contributed by atoms with Gasteiger partial charge in [0.2, 0.25) is 0 Å². The van der Waals surface area contributed by atoms with E-state index in [0.29, 0.717) is 47.0 Å². The molecular weight excluding hydrogens is 611 g/mol. The fourth-order valence-corrected chi connectivity index (χ4v) is 5.79. The molecule has 0 amide bonds. The number of nitrogens with zero attached hydrogens (tertiary/aromatic N) is 2. The van der Waals surface area contributed by atoms with Gasteiger partial charge >= 0.3 is 5.97 Å². The maximum atomic E-state index is 13.8. The minimum Gasteiger partial charge on any atom is -0.504 e. The Morgan fingerprint density at radius 1 is 1.14 bits per heavy atom. The highest BCUT2D eigenvalue weighted by molar-refractivity contribution is 14.1. The number of esters is 1. The van der Waals surface area contributed by atoms with E-state index >= 15 is 0 Å². The molecule has 2 aromatic carbocycles. The van der Waals surface area contributed by atoms with Crippen LogP contribution in [0.25, 0.3) is 6.08 Å². The van der Waals surface area contributed by atoms with E-state index in [1.807, 2.05) is 22.6 Å². The molecule has 2 heterocycles. The van der Waals surface area contributed by atoms with Gasteiger partial charge in [0.15, 0.2) is 27.8 Å². The molecule has 0 aliphatic carbocycles. The van der Waals surface area contributed by atoms with Gasteiger partial charge in [-0.2, -0.15) is 0 Å². The van der Waals surface area contributed by atoms with E-state index in [9.17, 15) is 14.7 Å². The molecule has 11 heteroatoms. The molecule has 4 rings (SSSR count). The first kappa shape index (κ1) is 26.7. The first-order chi connectivity index (χ1) is 17.7. The van der Waals surface area contributed by atoms with E-state index in [4.69, 9.17) is 18.9 Å². The summed E-state index contributed by atoms with van der Waals surface area (Å²) in [7, 11) is 4.52. The topological polar surface area (TPSA) is 109 Å². The monoisotopic (exact) mass is 636 g/mol. The molecular formula is C26H25IN2O7S. The van der Waals surface area contributed by atoms with Crippen LogP contribution in [0.5, 0.6) is 23.0 Å². The van der Waals surface area contributed by atoms with Crippen LogP contribution >= 0.6 is 33.9 Å². The molecule has 1 aromatic heterocycles. The van der Waals surface area contributed by atoms with E-state index in [1.54, 1.807) is 50.3 Å². The zero-order valence-corrected chi connectivity index (χ0v) is 23.8. The van der Waals surface area contributed by atoms with Crippen LogP contribution in [-0.4, -0.2) is 43.6 Å². The number of phenolic OH excluding ortho intramolecular Hbond substituents is 1. The van der Waals surface area contributed by atoms with Crippen molar-refractivity contribution in [2.45, 2.75) is 19.9 Å². The molecule has 0 bridgehead atoms. The SMILES string of the molecule is CCOC(=O)C1=C(C)N=c2s/c(=C\c3cc(I)c(O)c(OC)c3)c(=O)n2C1c1ccc(OC)c(OC)c1. The van der Waals surface area contributed by atoms with Crippen molar-refractivity contribution in [2.75, 3.05) is 27.9 Å². The number of carbonyl (C=O) groups excluding carboxylic acids is 1. The van der Waals surface area contributed by atoms with Gasteiger partial charge in [-0.05, 0) is 77.9 Å². The van der Waals surface area contributed by atoms with Crippen molar-refractivity contribution < 1.29 is 28.8 Å². The predicted octanol–water partition coefficient (Wildman–Crippen LogP) is 3.13. The summed E-state index contributed by atoms with van der Waals surface area (Å²) in [6.45, 7) is 3.63. The summed E-state index contributed by atoms with van der Waals surface area (Å²) in [4.78, 5) is 31.9. The lowest BCUT2D eigenvalue weighted by atomic mass is 9.95. The zero-order chi connectivity index (χ0) is 26.9. The maximum absolute atomic E-state index is 13.8. The van der Waals surface area contributed by atoms with E-state index in [1.165, 1.54) is 37.2 Å². The Morgan fingerprint density at radius 3 is 2.49 bits per heavy atom. The molecule has 1 atom stereocenters. The minimum atomic E-state index is -0.785. The largest absolute Gasteiger partial charge is 0.504 e. The molecule has 1 unspecified atom stereocenters. The third kappa shape index (κ3) is 4.97. The summed E-state index contributed by atoms with van der Waals surface area (Å²) < 4.78 is 23.9. The van der Waals surface area contributed by atoms with Crippen LogP contribution in [0.2, 0.25) is 0 Å². The van der Waals surface area contributed by atoms with E-state index < -0.39 is 12.0 Å². The summed E-state index contributed by atoms with van der Waals surface area (Å²) in [6.07, 6.45) is 1.71. The summed E-state index contributed by atoms with van der Waals surface area (Å²) in [5.74, 6) is 0.772. The van der Waals surface area contributed by atoms with Gasteiger partial charge in [0.1, 0.15) is 0 Å². The molecule has 0 saturated heterocycles. The number of ether oxygens (including phenoxy) is 4. The quantitative estimate of drug-likeness (QED) is 0.314. The predicted molar refractivity (Wildman–Crippen MR) is 147 cm³/mol. The highest BCUT2D eigenvalue weighted by Gasteiger charge is 2.34. The van der Waals surface area contributed by atoms with Gasteiger partial charge in [-0.3, -0.25) is 9.36 Å². The molecule has 9 nitrogen and oxygen atoms in total. The van der Waals surface area contributed by atoms with Gasteiger partial charge in [0.05, 0.1) is 53.4 Å². The van der Waals surface area contributed by atoms with Gasteiger partial charge in [0.25, 0.3) is 5.56 Å². The molecule has 0 radical (unpaired) electrons. The molecule has 1 aliphatic rings. The molecule has 1 aliphatic heterocycles. The van der Waals surface area contributed by atoms with Crippen molar-refractivity contribution in [1.29, 1.82) is 0 Å². The number of hydrogen-bond acceptors (Lipinski definition) is 9. The van der Waals surface area contributed by atoms with Gasteiger partial charge < -0.3 is 24.1 Å². The fraction of sp³-hybridized carbons (Fsp3) is 0.269. The van der Waals surface area contributed by atoms with Crippen LogP contribution in [0, 0.1) is 3.57 Å². The summed E-state index contributed by atoms with van der Waals surface area (Å²) in [5, 5.41) is 10.2. The van der Waals surface area contributed by atoms with E-state index in [0.717, 1.165) is 0 Å². The number of methoxy groups -OCH3 is 3. The van der Waals surface area contributed by atoms with Crippen molar-refractivity contribution in [3.63, 3.8) is 0 Å². The van der Waals surface area contributed by atoms with Crippen molar-refractivity contribution in [3.8, 4) is 23.0 Å². The summed E-state index contributed by atoms with van der Waals surface area (Å²) >= 11 is 3.21. The molecule has 0 saturated carbocycles. The lowest BCUT2D eigenvalue weighted by molar-refractivity contribution is -0.139.